The Hall–Kier alpha value is -0.910. The quantitative estimate of drug-likeness (QED) is 0.902. The van der Waals surface area contributed by atoms with Gasteiger partial charge in [0.05, 0.1) is 18.4 Å². The molecular weight excluding hydrogens is 290 g/mol. The van der Waals surface area contributed by atoms with Crippen LogP contribution in [0.25, 0.3) is 0 Å². The van der Waals surface area contributed by atoms with E-state index in [0.29, 0.717) is 0 Å². The maximum absolute atomic E-state index is 10.3. The molecule has 0 amide bonds. The van der Waals surface area contributed by atoms with Crippen LogP contribution >= 0.6 is 0 Å². The van der Waals surface area contributed by atoms with Crippen molar-refractivity contribution in [2.24, 2.45) is 12.5 Å². The molecular formula is C18H29N3O2. The van der Waals surface area contributed by atoms with Crippen molar-refractivity contribution in [3.63, 3.8) is 0 Å². The third-order valence-corrected chi connectivity index (χ3v) is 6.32. The van der Waals surface area contributed by atoms with Crippen LogP contribution in [0, 0.1) is 5.41 Å². The zero-order chi connectivity index (χ0) is 16.0. The minimum Gasteiger partial charge on any atom is -0.392 e. The molecule has 2 saturated carbocycles. The SMILES string of the molecule is CCO[C@@H]1C[C@H](O)C12CCN(Cc1cnn(C)c1C1CC1)CC2. The summed E-state index contributed by atoms with van der Waals surface area (Å²) in [4.78, 5) is 2.53. The average Bonchev–Trinajstić information content (AvgIpc) is 3.32. The van der Waals surface area contributed by atoms with Gasteiger partial charge < -0.3 is 9.84 Å². The van der Waals surface area contributed by atoms with Crippen molar-refractivity contribution in [2.45, 2.75) is 63.7 Å². The highest BCUT2D eigenvalue weighted by atomic mass is 16.5. The van der Waals surface area contributed by atoms with Gasteiger partial charge in [-0.1, -0.05) is 0 Å². The van der Waals surface area contributed by atoms with E-state index in [1.807, 2.05) is 0 Å². The number of nitrogens with zero attached hydrogens (tertiary/aromatic N) is 3. The van der Waals surface area contributed by atoms with Gasteiger partial charge in [0, 0.05) is 49.2 Å². The first kappa shape index (κ1) is 15.6. The molecule has 3 aliphatic rings. The van der Waals surface area contributed by atoms with Crippen LogP contribution in [0.4, 0.5) is 0 Å². The molecule has 2 heterocycles. The van der Waals surface area contributed by atoms with Crippen LogP contribution in [-0.4, -0.2) is 51.7 Å². The lowest BCUT2D eigenvalue weighted by Crippen LogP contribution is -2.62. The number of aliphatic hydroxyl groups is 1. The Labute approximate surface area is 138 Å². The van der Waals surface area contributed by atoms with E-state index in [4.69, 9.17) is 4.74 Å². The second-order valence-corrected chi connectivity index (χ2v) is 7.66. The normalized spacial score (nSPS) is 30.6. The van der Waals surface area contributed by atoms with E-state index in [1.54, 1.807) is 0 Å². The van der Waals surface area contributed by atoms with Crippen molar-refractivity contribution in [2.75, 3.05) is 19.7 Å². The molecule has 128 valence electrons. The van der Waals surface area contributed by atoms with Crippen molar-refractivity contribution in [3.05, 3.63) is 17.5 Å². The number of aromatic nitrogens is 2. The fourth-order valence-electron chi connectivity index (χ4n) is 4.68. The van der Waals surface area contributed by atoms with E-state index >= 15 is 0 Å². The topological polar surface area (TPSA) is 50.5 Å². The summed E-state index contributed by atoms with van der Waals surface area (Å²) in [6, 6.07) is 0. The van der Waals surface area contributed by atoms with E-state index in [2.05, 4.69) is 34.8 Å². The lowest BCUT2D eigenvalue weighted by Gasteiger charge is -2.56. The van der Waals surface area contributed by atoms with Gasteiger partial charge >= 0.3 is 0 Å². The molecule has 0 bridgehead atoms. The molecule has 1 aromatic heterocycles. The maximum atomic E-state index is 10.3. The maximum Gasteiger partial charge on any atom is 0.0681 e. The Morgan fingerprint density at radius 3 is 2.70 bits per heavy atom. The molecule has 1 aliphatic heterocycles. The number of aliphatic hydroxyl groups excluding tert-OH is 1. The van der Waals surface area contributed by atoms with E-state index < -0.39 is 0 Å². The van der Waals surface area contributed by atoms with Crippen LogP contribution in [-0.2, 0) is 18.3 Å². The van der Waals surface area contributed by atoms with Gasteiger partial charge in [-0.3, -0.25) is 9.58 Å². The van der Waals surface area contributed by atoms with Crippen LogP contribution in [0.15, 0.2) is 6.20 Å². The third-order valence-electron chi connectivity index (χ3n) is 6.32. The first-order chi connectivity index (χ1) is 11.1. The van der Waals surface area contributed by atoms with E-state index in [9.17, 15) is 5.11 Å². The van der Waals surface area contributed by atoms with Crippen LogP contribution in [0.2, 0.25) is 0 Å². The summed E-state index contributed by atoms with van der Waals surface area (Å²) in [6.07, 6.45) is 7.72. The summed E-state index contributed by atoms with van der Waals surface area (Å²) >= 11 is 0. The fourth-order valence-corrected chi connectivity index (χ4v) is 4.68. The summed E-state index contributed by atoms with van der Waals surface area (Å²) in [7, 11) is 2.07. The first-order valence-corrected chi connectivity index (χ1v) is 9.17. The minimum absolute atomic E-state index is 0.0285. The zero-order valence-corrected chi connectivity index (χ0v) is 14.4. The molecule has 1 N–H and O–H groups in total. The highest BCUT2D eigenvalue weighted by Crippen LogP contribution is 2.51. The van der Waals surface area contributed by atoms with Crippen molar-refractivity contribution in [1.29, 1.82) is 0 Å². The Bertz CT molecular complexity index is 557. The number of likely N-dealkylation sites (tertiary alicyclic amines) is 1. The van der Waals surface area contributed by atoms with Gasteiger partial charge in [0.1, 0.15) is 0 Å². The highest BCUT2D eigenvalue weighted by Gasteiger charge is 2.55. The minimum atomic E-state index is -0.165. The van der Waals surface area contributed by atoms with Crippen molar-refractivity contribution in [1.82, 2.24) is 14.7 Å². The number of hydrogen-bond donors (Lipinski definition) is 1. The smallest absolute Gasteiger partial charge is 0.0681 e. The van der Waals surface area contributed by atoms with Crippen LogP contribution in [0.1, 0.15) is 56.2 Å². The Morgan fingerprint density at radius 1 is 1.35 bits per heavy atom. The summed E-state index contributed by atoms with van der Waals surface area (Å²) in [5, 5.41) is 14.8. The molecule has 3 fully saturated rings. The molecule has 2 atom stereocenters. The molecule has 23 heavy (non-hydrogen) atoms. The molecule has 2 aliphatic carbocycles. The Morgan fingerprint density at radius 2 is 2.09 bits per heavy atom. The van der Waals surface area contributed by atoms with E-state index in [1.165, 1.54) is 24.1 Å². The van der Waals surface area contributed by atoms with E-state index in [-0.39, 0.29) is 17.6 Å². The summed E-state index contributed by atoms with van der Waals surface area (Å²) < 4.78 is 7.93. The van der Waals surface area contributed by atoms with Gasteiger partial charge in [0.25, 0.3) is 0 Å². The summed E-state index contributed by atoms with van der Waals surface area (Å²) in [5.74, 6) is 0.740. The van der Waals surface area contributed by atoms with Crippen molar-refractivity contribution in [3.8, 4) is 0 Å². The number of ether oxygens (including phenoxy) is 1. The Balaban J connectivity index is 1.39. The molecule has 0 unspecified atom stereocenters. The number of aryl methyl sites for hydroxylation is 1. The van der Waals surface area contributed by atoms with Crippen molar-refractivity contribution >= 4 is 0 Å². The van der Waals surface area contributed by atoms with Crippen molar-refractivity contribution < 1.29 is 9.84 Å². The Kier molecular flexibility index (Phi) is 3.98. The average molecular weight is 319 g/mol. The monoisotopic (exact) mass is 319 g/mol. The predicted octanol–water partition coefficient (Wildman–Crippen LogP) is 2.05. The molecule has 1 aromatic rings. The molecule has 1 spiro atoms. The summed E-state index contributed by atoms with van der Waals surface area (Å²) in [5.41, 5.74) is 2.88. The number of hydrogen-bond acceptors (Lipinski definition) is 4. The second-order valence-electron chi connectivity index (χ2n) is 7.66. The number of piperidine rings is 1. The lowest BCUT2D eigenvalue weighted by atomic mass is 9.58. The fraction of sp³-hybridized carbons (Fsp3) is 0.833. The molecule has 0 aromatic carbocycles. The van der Waals surface area contributed by atoms with Gasteiger partial charge in [-0.15, -0.1) is 0 Å². The van der Waals surface area contributed by atoms with Gasteiger partial charge in [0.15, 0.2) is 0 Å². The highest BCUT2D eigenvalue weighted by molar-refractivity contribution is 5.25. The van der Waals surface area contributed by atoms with Gasteiger partial charge in [-0.05, 0) is 45.7 Å². The largest absolute Gasteiger partial charge is 0.392 e. The van der Waals surface area contributed by atoms with Gasteiger partial charge in [0.2, 0.25) is 0 Å². The summed E-state index contributed by atoms with van der Waals surface area (Å²) in [6.45, 7) is 5.92. The molecule has 1 saturated heterocycles. The molecule has 4 rings (SSSR count). The number of rotatable bonds is 5. The zero-order valence-electron chi connectivity index (χ0n) is 14.4. The van der Waals surface area contributed by atoms with E-state index in [0.717, 1.165) is 51.4 Å². The second kappa shape index (κ2) is 5.87. The van der Waals surface area contributed by atoms with Gasteiger partial charge in [-0.25, -0.2) is 0 Å². The van der Waals surface area contributed by atoms with Crippen LogP contribution in [0.5, 0.6) is 0 Å². The standard InChI is InChI=1S/C18H29N3O2/c1-3-23-16-10-15(22)18(16)6-8-21(9-7-18)12-14-11-19-20(2)17(14)13-4-5-13/h11,13,15-16,22H,3-10,12H2,1-2H3/t15-,16+/m0/s1. The molecule has 5 heteroatoms. The molecule has 5 nitrogen and oxygen atoms in total. The van der Waals surface area contributed by atoms with Gasteiger partial charge in [-0.2, -0.15) is 5.10 Å². The third kappa shape index (κ3) is 2.63. The van der Waals surface area contributed by atoms with Crippen LogP contribution in [0.3, 0.4) is 0 Å². The predicted molar refractivity (Wildman–Crippen MR) is 88.2 cm³/mol. The lowest BCUT2D eigenvalue weighted by molar-refractivity contribution is -0.209. The van der Waals surface area contributed by atoms with Crippen LogP contribution < -0.4 is 0 Å². The first-order valence-electron chi connectivity index (χ1n) is 9.17. The molecule has 0 radical (unpaired) electrons.